The number of nitrogens with two attached hydrogens (primary N) is 2. The molecule has 0 aliphatic heterocycles. The standard InChI is InChI=1S/C11H11N3O2/c12-10(11(13)16)7-5-9(15)14-8-4-2-1-3-6(7)8/h1-5,10H,12H2,(H2,13,16)(H,14,15). The molecule has 2 aromatic rings. The number of carbonyl (C=O) groups is 1. The molecule has 1 aromatic carbocycles. The minimum absolute atomic E-state index is 0.301. The fourth-order valence-electron chi connectivity index (χ4n) is 1.64. The lowest BCUT2D eigenvalue weighted by Crippen LogP contribution is -2.29. The molecule has 5 nitrogen and oxygen atoms in total. The molecular formula is C11H11N3O2. The number of hydrogen-bond donors (Lipinski definition) is 3. The molecule has 2 rings (SSSR count). The van der Waals surface area contributed by atoms with Gasteiger partial charge in [-0.05, 0) is 11.6 Å². The monoisotopic (exact) mass is 217 g/mol. The molecular weight excluding hydrogens is 206 g/mol. The van der Waals surface area contributed by atoms with Crippen LogP contribution in [0.1, 0.15) is 11.6 Å². The number of aromatic amines is 1. The van der Waals surface area contributed by atoms with Gasteiger partial charge in [0.1, 0.15) is 6.04 Å². The maximum absolute atomic E-state index is 11.4. The summed E-state index contributed by atoms with van der Waals surface area (Å²) >= 11 is 0. The van der Waals surface area contributed by atoms with E-state index in [1.54, 1.807) is 24.3 Å². The van der Waals surface area contributed by atoms with E-state index in [4.69, 9.17) is 11.5 Å². The van der Waals surface area contributed by atoms with Gasteiger partial charge in [0.05, 0.1) is 0 Å². The zero-order valence-electron chi connectivity index (χ0n) is 8.44. The van der Waals surface area contributed by atoms with E-state index < -0.39 is 11.9 Å². The van der Waals surface area contributed by atoms with Gasteiger partial charge in [-0.15, -0.1) is 0 Å². The van der Waals surface area contributed by atoms with Crippen molar-refractivity contribution in [2.45, 2.75) is 6.04 Å². The van der Waals surface area contributed by atoms with Crippen molar-refractivity contribution < 1.29 is 4.79 Å². The predicted octanol–water partition coefficient (Wildman–Crippen LogP) is 0.0132. The number of carbonyl (C=O) groups excluding carboxylic acids is 1. The van der Waals surface area contributed by atoms with E-state index in [1.165, 1.54) is 6.07 Å². The van der Waals surface area contributed by atoms with Gasteiger partial charge in [-0.2, -0.15) is 0 Å². The summed E-state index contributed by atoms with van der Waals surface area (Å²) in [6.07, 6.45) is 0. The summed E-state index contributed by atoms with van der Waals surface area (Å²) in [4.78, 5) is 25.1. The number of rotatable bonds is 2. The van der Waals surface area contributed by atoms with Crippen molar-refractivity contribution in [1.82, 2.24) is 4.98 Å². The first kappa shape index (κ1) is 10.4. The molecule has 16 heavy (non-hydrogen) atoms. The minimum Gasteiger partial charge on any atom is -0.368 e. The molecule has 5 N–H and O–H groups in total. The number of aromatic nitrogens is 1. The zero-order chi connectivity index (χ0) is 11.7. The Hall–Kier alpha value is -2.14. The van der Waals surface area contributed by atoms with Gasteiger partial charge < -0.3 is 16.5 Å². The highest BCUT2D eigenvalue weighted by Gasteiger charge is 2.15. The Morgan fingerprint density at radius 3 is 2.69 bits per heavy atom. The molecule has 0 spiro atoms. The molecule has 1 unspecified atom stereocenters. The minimum atomic E-state index is -0.966. The molecule has 0 saturated heterocycles. The van der Waals surface area contributed by atoms with Gasteiger partial charge in [-0.1, -0.05) is 18.2 Å². The van der Waals surface area contributed by atoms with E-state index in [2.05, 4.69) is 4.98 Å². The number of primary amides is 1. The van der Waals surface area contributed by atoms with Crippen LogP contribution >= 0.6 is 0 Å². The van der Waals surface area contributed by atoms with Gasteiger partial charge in [0.2, 0.25) is 11.5 Å². The lowest BCUT2D eigenvalue weighted by atomic mass is 10.0. The molecule has 82 valence electrons. The summed E-state index contributed by atoms with van der Waals surface area (Å²) in [7, 11) is 0. The van der Waals surface area contributed by atoms with Gasteiger partial charge in [0.25, 0.3) is 0 Å². The Bertz CT molecular complexity index is 603. The fourth-order valence-corrected chi connectivity index (χ4v) is 1.64. The van der Waals surface area contributed by atoms with E-state index in [9.17, 15) is 9.59 Å². The van der Waals surface area contributed by atoms with Crippen LogP contribution in [0.5, 0.6) is 0 Å². The molecule has 0 saturated carbocycles. The first-order valence-electron chi connectivity index (χ1n) is 4.76. The largest absolute Gasteiger partial charge is 0.368 e. The second kappa shape index (κ2) is 3.79. The van der Waals surface area contributed by atoms with Crippen LogP contribution in [-0.4, -0.2) is 10.9 Å². The number of nitrogens with one attached hydrogen (secondary N) is 1. The van der Waals surface area contributed by atoms with Crippen molar-refractivity contribution in [3.8, 4) is 0 Å². The number of H-pyrrole nitrogens is 1. The van der Waals surface area contributed by atoms with Gasteiger partial charge in [-0.25, -0.2) is 0 Å². The van der Waals surface area contributed by atoms with Crippen LogP contribution < -0.4 is 17.0 Å². The van der Waals surface area contributed by atoms with Gasteiger partial charge in [-0.3, -0.25) is 9.59 Å². The molecule has 1 atom stereocenters. The Kier molecular flexibility index (Phi) is 2.46. The highest BCUT2D eigenvalue weighted by molar-refractivity contribution is 5.89. The van der Waals surface area contributed by atoms with Gasteiger partial charge in [0, 0.05) is 17.0 Å². The summed E-state index contributed by atoms with van der Waals surface area (Å²) in [5, 5.41) is 0.730. The van der Waals surface area contributed by atoms with Crippen molar-refractivity contribution >= 4 is 16.8 Å². The average Bonchev–Trinajstić information content (AvgIpc) is 2.26. The third-order valence-corrected chi connectivity index (χ3v) is 2.42. The lowest BCUT2D eigenvalue weighted by Gasteiger charge is -2.10. The first-order chi connectivity index (χ1) is 7.59. The summed E-state index contributed by atoms with van der Waals surface area (Å²) in [5.74, 6) is -0.657. The number of fused-ring (bicyclic) bond motifs is 1. The zero-order valence-corrected chi connectivity index (χ0v) is 8.44. The number of benzene rings is 1. The van der Waals surface area contributed by atoms with E-state index in [0.717, 1.165) is 5.39 Å². The van der Waals surface area contributed by atoms with Crippen molar-refractivity contribution in [3.05, 3.63) is 46.2 Å². The number of hydrogen-bond acceptors (Lipinski definition) is 3. The van der Waals surface area contributed by atoms with E-state index >= 15 is 0 Å². The van der Waals surface area contributed by atoms with Crippen LogP contribution in [0.15, 0.2) is 35.1 Å². The number of pyridine rings is 1. The summed E-state index contributed by atoms with van der Waals surface area (Å²) in [5.41, 5.74) is 11.6. The van der Waals surface area contributed by atoms with Crippen LogP contribution in [0.4, 0.5) is 0 Å². The average molecular weight is 217 g/mol. The van der Waals surface area contributed by atoms with E-state index in [-0.39, 0.29) is 5.56 Å². The maximum atomic E-state index is 11.4. The fraction of sp³-hybridized carbons (Fsp3) is 0.0909. The smallest absolute Gasteiger partial charge is 0.248 e. The van der Waals surface area contributed by atoms with Crippen LogP contribution in [0, 0.1) is 0 Å². The third-order valence-electron chi connectivity index (χ3n) is 2.42. The van der Waals surface area contributed by atoms with Crippen molar-refractivity contribution in [2.75, 3.05) is 0 Å². The summed E-state index contributed by atoms with van der Waals surface area (Å²) in [6, 6.07) is 7.46. The summed E-state index contributed by atoms with van der Waals surface area (Å²) in [6.45, 7) is 0. The Balaban J connectivity index is 2.77. The maximum Gasteiger partial charge on any atom is 0.248 e. The number of para-hydroxylation sites is 1. The van der Waals surface area contributed by atoms with Crippen LogP contribution in [-0.2, 0) is 4.79 Å². The lowest BCUT2D eigenvalue weighted by molar-refractivity contribution is -0.119. The molecule has 0 aliphatic carbocycles. The second-order valence-corrected chi connectivity index (χ2v) is 3.51. The third kappa shape index (κ3) is 1.68. The molecule has 1 aromatic heterocycles. The Morgan fingerprint density at radius 2 is 2.00 bits per heavy atom. The van der Waals surface area contributed by atoms with Gasteiger partial charge in [0.15, 0.2) is 0 Å². The number of amides is 1. The predicted molar refractivity (Wildman–Crippen MR) is 60.7 cm³/mol. The molecule has 0 aliphatic rings. The molecule has 5 heteroatoms. The Morgan fingerprint density at radius 1 is 1.31 bits per heavy atom. The van der Waals surface area contributed by atoms with E-state index in [1.807, 2.05) is 0 Å². The van der Waals surface area contributed by atoms with Crippen LogP contribution in [0.25, 0.3) is 10.9 Å². The quantitative estimate of drug-likeness (QED) is 0.660. The van der Waals surface area contributed by atoms with Crippen molar-refractivity contribution in [2.24, 2.45) is 11.5 Å². The van der Waals surface area contributed by atoms with Crippen LogP contribution in [0.3, 0.4) is 0 Å². The van der Waals surface area contributed by atoms with Crippen LogP contribution in [0.2, 0.25) is 0 Å². The second-order valence-electron chi connectivity index (χ2n) is 3.51. The van der Waals surface area contributed by atoms with Gasteiger partial charge >= 0.3 is 0 Å². The van der Waals surface area contributed by atoms with E-state index in [0.29, 0.717) is 11.1 Å². The molecule has 0 fully saturated rings. The SMILES string of the molecule is NC(=O)C(N)c1cc(=O)[nH]c2ccccc12. The highest BCUT2D eigenvalue weighted by atomic mass is 16.1. The topological polar surface area (TPSA) is 102 Å². The van der Waals surface area contributed by atoms with Crippen molar-refractivity contribution in [1.29, 1.82) is 0 Å². The molecule has 1 heterocycles. The molecule has 1 amide bonds. The normalized spacial score (nSPS) is 12.6. The van der Waals surface area contributed by atoms with Crippen molar-refractivity contribution in [3.63, 3.8) is 0 Å². The molecule has 0 bridgehead atoms. The summed E-state index contributed by atoms with van der Waals surface area (Å²) < 4.78 is 0. The molecule has 0 radical (unpaired) electrons. The Labute approximate surface area is 91.1 Å². The first-order valence-corrected chi connectivity index (χ1v) is 4.76. The highest BCUT2D eigenvalue weighted by Crippen LogP contribution is 2.19.